The van der Waals surface area contributed by atoms with Crippen LogP contribution in [-0.4, -0.2) is 15.9 Å². The largest absolute Gasteiger partial charge is 0.368 e. The predicted octanol–water partition coefficient (Wildman–Crippen LogP) is 1.24. The molecule has 0 saturated heterocycles. The highest BCUT2D eigenvalue weighted by Crippen LogP contribution is 2.05. The fraction of sp³-hybridized carbons (Fsp3) is 0.0833. The molecule has 1 heterocycles. The van der Waals surface area contributed by atoms with Crippen molar-refractivity contribution in [2.24, 2.45) is 0 Å². The molecule has 0 fully saturated rings. The highest BCUT2D eigenvalue weighted by atomic mass is 16.1. The smallest absolute Gasteiger partial charge is 0.228 e. The lowest BCUT2D eigenvalue weighted by Gasteiger charge is -2.04. The highest BCUT2D eigenvalue weighted by molar-refractivity contribution is 5.91. The zero-order valence-electron chi connectivity index (χ0n) is 9.13. The van der Waals surface area contributed by atoms with Crippen LogP contribution >= 0.6 is 0 Å². The van der Waals surface area contributed by atoms with Gasteiger partial charge in [0.2, 0.25) is 11.9 Å². The van der Waals surface area contributed by atoms with Gasteiger partial charge in [-0.25, -0.2) is 9.97 Å². The van der Waals surface area contributed by atoms with E-state index in [9.17, 15) is 4.79 Å². The average molecular weight is 228 g/mol. The van der Waals surface area contributed by atoms with E-state index in [-0.39, 0.29) is 11.9 Å². The second-order valence-electron chi connectivity index (χ2n) is 3.54. The summed E-state index contributed by atoms with van der Waals surface area (Å²) in [5, 5.41) is 2.70. The summed E-state index contributed by atoms with van der Waals surface area (Å²) >= 11 is 0. The molecule has 0 aliphatic carbocycles. The highest BCUT2D eigenvalue weighted by Gasteiger charge is 2.04. The Morgan fingerprint density at radius 1 is 1.18 bits per heavy atom. The monoisotopic (exact) mass is 228 g/mol. The van der Waals surface area contributed by atoms with E-state index >= 15 is 0 Å². The van der Waals surface area contributed by atoms with Gasteiger partial charge in [-0.15, -0.1) is 0 Å². The molecule has 0 unspecified atom stereocenters. The summed E-state index contributed by atoms with van der Waals surface area (Å²) in [5.41, 5.74) is 6.85. The van der Waals surface area contributed by atoms with Gasteiger partial charge in [-0.2, -0.15) is 0 Å². The van der Waals surface area contributed by atoms with Crippen molar-refractivity contribution in [2.75, 3.05) is 11.1 Å². The number of benzene rings is 1. The van der Waals surface area contributed by atoms with E-state index in [0.717, 1.165) is 5.56 Å². The maximum atomic E-state index is 11.7. The normalized spacial score (nSPS) is 9.88. The first-order chi connectivity index (χ1) is 8.24. The number of hydrogen-bond donors (Lipinski definition) is 2. The van der Waals surface area contributed by atoms with Crippen LogP contribution < -0.4 is 11.1 Å². The molecule has 0 bridgehead atoms. The fourth-order valence-electron chi connectivity index (χ4n) is 1.39. The summed E-state index contributed by atoms with van der Waals surface area (Å²) in [6.45, 7) is 0. The summed E-state index contributed by atoms with van der Waals surface area (Å²) in [6.07, 6.45) is 3.28. The molecular formula is C12H12N4O. The van der Waals surface area contributed by atoms with Crippen molar-refractivity contribution in [3.8, 4) is 0 Å². The third-order valence-electron chi connectivity index (χ3n) is 2.16. The van der Waals surface area contributed by atoms with Gasteiger partial charge in [0.1, 0.15) is 0 Å². The second kappa shape index (κ2) is 5.07. The van der Waals surface area contributed by atoms with Crippen LogP contribution in [0.1, 0.15) is 5.56 Å². The molecule has 2 aromatic rings. The molecule has 17 heavy (non-hydrogen) atoms. The van der Waals surface area contributed by atoms with Gasteiger partial charge in [-0.1, -0.05) is 30.3 Å². The van der Waals surface area contributed by atoms with Crippen LogP contribution in [0.3, 0.4) is 0 Å². The molecule has 1 aromatic carbocycles. The maximum absolute atomic E-state index is 11.7. The van der Waals surface area contributed by atoms with Crippen LogP contribution in [0, 0.1) is 0 Å². The minimum atomic E-state index is -0.107. The Balaban J connectivity index is 1.96. The molecule has 3 N–H and O–H groups in total. The van der Waals surface area contributed by atoms with E-state index in [2.05, 4.69) is 15.3 Å². The van der Waals surface area contributed by atoms with Crippen molar-refractivity contribution in [2.45, 2.75) is 6.42 Å². The second-order valence-corrected chi connectivity index (χ2v) is 3.54. The number of anilines is 2. The van der Waals surface area contributed by atoms with Gasteiger partial charge in [-0.3, -0.25) is 4.79 Å². The lowest BCUT2D eigenvalue weighted by molar-refractivity contribution is -0.115. The van der Waals surface area contributed by atoms with Crippen molar-refractivity contribution in [3.05, 3.63) is 48.3 Å². The van der Waals surface area contributed by atoms with Crippen LogP contribution in [0.2, 0.25) is 0 Å². The van der Waals surface area contributed by atoms with Gasteiger partial charge in [0.05, 0.1) is 24.5 Å². The standard InChI is InChI=1S/C12H12N4O/c13-12-14-7-10(8-15-12)16-11(17)6-9-4-2-1-3-5-9/h1-5,7-8H,6H2,(H,16,17)(H2,13,14,15). The first-order valence-electron chi connectivity index (χ1n) is 5.15. The quantitative estimate of drug-likeness (QED) is 0.828. The van der Waals surface area contributed by atoms with Gasteiger partial charge in [0.25, 0.3) is 0 Å². The molecule has 0 saturated carbocycles. The third-order valence-corrected chi connectivity index (χ3v) is 2.16. The summed E-state index contributed by atoms with van der Waals surface area (Å²) in [5.74, 6) is 0.0793. The van der Waals surface area contributed by atoms with Crippen molar-refractivity contribution in [1.82, 2.24) is 9.97 Å². The number of carbonyl (C=O) groups is 1. The Bertz CT molecular complexity index is 496. The Labute approximate surface area is 98.7 Å². The zero-order chi connectivity index (χ0) is 12.1. The van der Waals surface area contributed by atoms with Crippen molar-refractivity contribution in [1.29, 1.82) is 0 Å². The van der Waals surface area contributed by atoms with E-state index in [1.807, 2.05) is 30.3 Å². The molecule has 0 aliphatic heterocycles. The molecule has 0 aliphatic rings. The summed E-state index contributed by atoms with van der Waals surface area (Å²) < 4.78 is 0. The number of hydrogen-bond acceptors (Lipinski definition) is 4. The Morgan fingerprint density at radius 2 is 1.82 bits per heavy atom. The number of aromatic nitrogens is 2. The van der Waals surface area contributed by atoms with Crippen LogP contribution in [0.15, 0.2) is 42.7 Å². The summed E-state index contributed by atoms with van der Waals surface area (Å²) in [6, 6.07) is 9.51. The Morgan fingerprint density at radius 3 is 2.47 bits per heavy atom. The van der Waals surface area contributed by atoms with E-state index < -0.39 is 0 Å². The topological polar surface area (TPSA) is 80.9 Å². The van der Waals surface area contributed by atoms with Crippen LogP contribution in [0.5, 0.6) is 0 Å². The van der Waals surface area contributed by atoms with Crippen LogP contribution in [0.25, 0.3) is 0 Å². The van der Waals surface area contributed by atoms with Crippen molar-refractivity contribution >= 4 is 17.5 Å². The van der Waals surface area contributed by atoms with Gasteiger partial charge in [0, 0.05) is 0 Å². The molecule has 0 spiro atoms. The van der Waals surface area contributed by atoms with E-state index in [1.165, 1.54) is 12.4 Å². The van der Waals surface area contributed by atoms with Gasteiger partial charge in [0.15, 0.2) is 0 Å². The molecule has 5 nitrogen and oxygen atoms in total. The van der Waals surface area contributed by atoms with Gasteiger partial charge >= 0.3 is 0 Å². The van der Waals surface area contributed by atoms with Crippen LogP contribution in [-0.2, 0) is 11.2 Å². The van der Waals surface area contributed by atoms with E-state index in [4.69, 9.17) is 5.73 Å². The number of carbonyl (C=O) groups excluding carboxylic acids is 1. The predicted molar refractivity (Wildman–Crippen MR) is 65.2 cm³/mol. The van der Waals surface area contributed by atoms with E-state index in [1.54, 1.807) is 0 Å². The average Bonchev–Trinajstić information content (AvgIpc) is 2.33. The molecule has 5 heteroatoms. The number of rotatable bonds is 3. The summed E-state index contributed by atoms with van der Waals surface area (Å²) in [4.78, 5) is 19.3. The minimum absolute atomic E-state index is 0.107. The fourth-order valence-corrected chi connectivity index (χ4v) is 1.39. The molecule has 86 valence electrons. The van der Waals surface area contributed by atoms with Crippen LogP contribution in [0.4, 0.5) is 11.6 Å². The zero-order valence-corrected chi connectivity index (χ0v) is 9.13. The number of nitrogens with two attached hydrogens (primary N) is 1. The molecule has 1 amide bonds. The lowest BCUT2D eigenvalue weighted by Crippen LogP contribution is -2.14. The number of nitrogen functional groups attached to an aromatic ring is 1. The lowest BCUT2D eigenvalue weighted by atomic mass is 10.1. The molecule has 1 aromatic heterocycles. The summed E-state index contributed by atoms with van der Waals surface area (Å²) in [7, 11) is 0. The Hall–Kier alpha value is -2.43. The first kappa shape index (κ1) is 11.1. The SMILES string of the molecule is Nc1ncc(NC(=O)Cc2ccccc2)cn1. The molecular weight excluding hydrogens is 216 g/mol. The van der Waals surface area contributed by atoms with Crippen molar-refractivity contribution in [3.63, 3.8) is 0 Å². The van der Waals surface area contributed by atoms with Crippen molar-refractivity contribution < 1.29 is 4.79 Å². The Kier molecular flexibility index (Phi) is 3.30. The minimum Gasteiger partial charge on any atom is -0.368 e. The number of nitrogens with one attached hydrogen (secondary N) is 1. The third kappa shape index (κ3) is 3.27. The molecule has 0 radical (unpaired) electrons. The maximum Gasteiger partial charge on any atom is 0.228 e. The number of nitrogens with zero attached hydrogens (tertiary/aromatic N) is 2. The van der Waals surface area contributed by atoms with Gasteiger partial charge in [-0.05, 0) is 5.56 Å². The van der Waals surface area contributed by atoms with E-state index in [0.29, 0.717) is 12.1 Å². The molecule has 0 atom stereocenters. The number of amides is 1. The van der Waals surface area contributed by atoms with Gasteiger partial charge < -0.3 is 11.1 Å². The first-order valence-corrected chi connectivity index (χ1v) is 5.15. The molecule has 2 rings (SSSR count).